The normalized spacial score (nSPS) is 14.8. The van der Waals surface area contributed by atoms with E-state index in [0.29, 0.717) is 54.6 Å². The second kappa shape index (κ2) is 7.59. The highest BCUT2D eigenvalue weighted by Crippen LogP contribution is 2.35. The van der Waals surface area contributed by atoms with Crippen molar-refractivity contribution in [1.29, 1.82) is 0 Å². The maximum atomic E-state index is 12.9. The first-order valence-electron chi connectivity index (χ1n) is 9.78. The van der Waals surface area contributed by atoms with Crippen molar-refractivity contribution in [3.8, 4) is 11.5 Å². The molecule has 31 heavy (non-hydrogen) atoms. The topological polar surface area (TPSA) is 97.8 Å². The fraction of sp³-hybridized carbons (Fsp3) is 0.182. The summed E-state index contributed by atoms with van der Waals surface area (Å²) >= 11 is 0. The molecule has 0 atom stereocenters. The van der Waals surface area contributed by atoms with E-state index in [4.69, 9.17) is 9.47 Å². The van der Waals surface area contributed by atoms with Crippen molar-refractivity contribution in [1.82, 2.24) is 4.98 Å². The third kappa shape index (κ3) is 3.68. The fourth-order valence-corrected chi connectivity index (χ4v) is 4.77. The van der Waals surface area contributed by atoms with Gasteiger partial charge < -0.3 is 14.4 Å². The van der Waals surface area contributed by atoms with Crippen LogP contribution in [0.4, 0.5) is 11.4 Å². The van der Waals surface area contributed by atoms with Gasteiger partial charge in [-0.15, -0.1) is 0 Å². The van der Waals surface area contributed by atoms with Gasteiger partial charge in [0.25, 0.3) is 15.9 Å². The molecule has 0 fully saturated rings. The molecule has 1 amide bonds. The Morgan fingerprint density at radius 3 is 2.68 bits per heavy atom. The smallest absolute Gasteiger partial charge is 0.262 e. The van der Waals surface area contributed by atoms with Gasteiger partial charge in [0.2, 0.25) is 0 Å². The highest BCUT2D eigenvalue weighted by Gasteiger charge is 2.27. The largest absolute Gasteiger partial charge is 0.486 e. The maximum absolute atomic E-state index is 12.9. The Morgan fingerprint density at radius 1 is 1.03 bits per heavy atom. The number of rotatable bonds is 4. The quantitative estimate of drug-likeness (QED) is 0.674. The second-order valence-corrected chi connectivity index (χ2v) is 8.89. The van der Waals surface area contributed by atoms with Gasteiger partial charge in [-0.2, -0.15) is 0 Å². The summed E-state index contributed by atoms with van der Waals surface area (Å²) in [5, 5.41) is 0. The number of nitrogens with one attached hydrogen (secondary N) is 1. The number of benzene rings is 2. The van der Waals surface area contributed by atoms with Crippen molar-refractivity contribution in [3.05, 3.63) is 72.1 Å². The Morgan fingerprint density at radius 2 is 1.87 bits per heavy atom. The van der Waals surface area contributed by atoms with Crippen LogP contribution in [0, 0.1) is 0 Å². The van der Waals surface area contributed by atoms with Gasteiger partial charge in [0, 0.05) is 30.7 Å². The van der Waals surface area contributed by atoms with Crippen molar-refractivity contribution in [3.63, 3.8) is 0 Å². The zero-order chi connectivity index (χ0) is 21.4. The first-order valence-corrected chi connectivity index (χ1v) is 11.3. The Hall–Kier alpha value is -3.59. The van der Waals surface area contributed by atoms with Crippen molar-refractivity contribution < 1.29 is 22.7 Å². The van der Waals surface area contributed by atoms with Crippen LogP contribution in [0.1, 0.15) is 15.9 Å². The third-order valence-electron chi connectivity index (χ3n) is 5.21. The molecule has 0 bridgehead atoms. The van der Waals surface area contributed by atoms with Crippen LogP contribution < -0.4 is 19.1 Å². The molecule has 5 rings (SSSR count). The summed E-state index contributed by atoms with van der Waals surface area (Å²) in [5.41, 5.74) is 2.54. The van der Waals surface area contributed by atoms with Gasteiger partial charge in [-0.1, -0.05) is 6.07 Å². The number of amides is 1. The summed E-state index contributed by atoms with van der Waals surface area (Å²) in [6.45, 7) is 1.33. The predicted octanol–water partition coefficient (Wildman–Crippen LogP) is 2.86. The van der Waals surface area contributed by atoms with E-state index in [0.717, 1.165) is 5.56 Å². The SMILES string of the molecule is O=C(c1cccnc1)N1CCc2ccc(NS(=O)(=O)c3ccc4c(c3)OCCO4)cc21. The number of fused-ring (bicyclic) bond motifs is 2. The zero-order valence-electron chi connectivity index (χ0n) is 16.4. The Labute approximate surface area is 179 Å². The number of hydrogen-bond donors (Lipinski definition) is 1. The van der Waals surface area contributed by atoms with E-state index in [1.54, 1.807) is 41.4 Å². The molecule has 0 saturated carbocycles. The summed E-state index contributed by atoms with van der Waals surface area (Å²) in [6.07, 6.45) is 3.84. The van der Waals surface area contributed by atoms with E-state index in [1.807, 2.05) is 6.07 Å². The molecule has 0 aliphatic carbocycles. The average Bonchev–Trinajstić information content (AvgIpc) is 3.22. The van der Waals surface area contributed by atoms with Crippen LogP contribution in [0.5, 0.6) is 11.5 Å². The van der Waals surface area contributed by atoms with E-state index in [-0.39, 0.29) is 10.8 Å². The van der Waals surface area contributed by atoms with Crippen molar-refractivity contribution in [2.24, 2.45) is 0 Å². The van der Waals surface area contributed by atoms with Crippen molar-refractivity contribution >= 4 is 27.3 Å². The number of sulfonamides is 1. The molecule has 3 aromatic rings. The minimum absolute atomic E-state index is 0.0699. The lowest BCUT2D eigenvalue weighted by atomic mass is 10.1. The summed E-state index contributed by atoms with van der Waals surface area (Å²) in [5.74, 6) is 0.752. The second-order valence-electron chi connectivity index (χ2n) is 7.20. The van der Waals surface area contributed by atoms with Crippen LogP contribution in [0.3, 0.4) is 0 Å². The minimum atomic E-state index is -3.85. The Balaban J connectivity index is 1.42. The Kier molecular flexibility index (Phi) is 4.74. The predicted molar refractivity (Wildman–Crippen MR) is 114 cm³/mol. The van der Waals surface area contributed by atoms with Crippen molar-refractivity contribution in [2.45, 2.75) is 11.3 Å². The molecule has 0 spiro atoms. The lowest BCUT2D eigenvalue weighted by Crippen LogP contribution is -2.29. The lowest BCUT2D eigenvalue weighted by Gasteiger charge is -2.20. The van der Waals surface area contributed by atoms with Crippen LogP contribution in [-0.2, 0) is 16.4 Å². The van der Waals surface area contributed by atoms with Gasteiger partial charge in [0.1, 0.15) is 13.2 Å². The highest BCUT2D eigenvalue weighted by atomic mass is 32.2. The third-order valence-corrected chi connectivity index (χ3v) is 6.59. The number of aromatic nitrogens is 1. The van der Waals surface area contributed by atoms with Gasteiger partial charge in [-0.25, -0.2) is 8.42 Å². The number of hydrogen-bond acceptors (Lipinski definition) is 6. The summed E-state index contributed by atoms with van der Waals surface area (Å²) < 4.78 is 39.4. The van der Waals surface area contributed by atoms with Gasteiger partial charge >= 0.3 is 0 Å². The van der Waals surface area contributed by atoms with Crippen LogP contribution in [0.2, 0.25) is 0 Å². The monoisotopic (exact) mass is 437 g/mol. The number of ether oxygens (including phenoxy) is 2. The van der Waals surface area contributed by atoms with Gasteiger partial charge in [0.05, 0.1) is 16.1 Å². The summed E-state index contributed by atoms with van der Waals surface area (Å²) in [7, 11) is -3.85. The number of carbonyl (C=O) groups excluding carboxylic acids is 1. The maximum Gasteiger partial charge on any atom is 0.262 e. The molecule has 3 heterocycles. The molecular weight excluding hydrogens is 418 g/mol. The van der Waals surface area contributed by atoms with E-state index >= 15 is 0 Å². The molecule has 0 radical (unpaired) electrons. The molecule has 9 heteroatoms. The molecule has 0 unspecified atom stereocenters. The summed E-state index contributed by atoms with van der Waals surface area (Å²) in [6, 6.07) is 13.2. The molecule has 2 aliphatic rings. The van der Waals surface area contributed by atoms with Crippen LogP contribution in [0.15, 0.2) is 65.8 Å². The fourth-order valence-electron chi connectivity index (χ4n) is 3.70. The van der Waals surface area contributed by atoms with E-state index in [2.05, 4.69) is 9.71 Å². The lowest BCUT2D eigenvalue weighted by molar-refractivity contribution is 0.0989. The van der Waals surface area contributed by atoms with Crippen molar-refractivity contribution in [2.75, 3.05) is 29.4 Å². The molecular formula is C22H19N3O5S. The molecule has 2 aromatic carbocycles. The van der Waals surface area contributed by atoms with Gasteiger partial charge in [-0.3, -0.25) is 14.5 Å². The molecule has 1 aromatic heterocycles. The van der Waals surface area contributed by atoms with Crippen LogP contribution in [0.25, 0.3) is 0 Å². The van der Waals surface area contributed by atoms with E-state index in [1.165, 1.54) is 18.3 Å². The molecule has 0 saturated heterocycles. The number of pyridine rings is 1. The molecule has 8 nitrogen and oxygen atoms in total. The van der Waals surface area contributed by atoms with Crippen LogP contribution in [-0.4, -0.2) is 39.1 Å². The minimum Gasteiger partial charge on any atom is -0.486 e. The summed E-state index contributed by atoms with van der Waals surface area (Å²) in [4.78, 5) is 18.6. The first kappa shape index (κ1) is 19.4. The molecule has 158 valence electrons. The average molecular weight is 437 g/mol. The van der Waals surface area contributed by atoms with E-state index in [9.17, 15) is 13.2 Å². The number of carbonyl (C=O) groups is 1. The molecule has 1 N–H and O–H groups in total. The Bertz CT molecular complexity index is 1260. The molecule has 2 aliphatic heterocycles. The number of nitrogens with zero attached hydrogens (tertiary/aromatic N) is 2. The van der Waals surface area contributed by atoms with E-state index < -0.39 is 10.0 Å². The zero-order valence-corrected chi connectivity index (χ0v) is 17.3. The number of anilines is 2. The van der Waals surface area contributed by atoms with Gasteiger partial charge in [0.15, 0.2) is 11.5 Å². The van der Waals surface area contributed by atoms with Crippen LogP contribution >= 0.6 is 0 Å². The first-order chi connectivity index (χ1) is 15.0. The highest BCUT2D eigenvalue weighted by molar-refractivity contribution is 7.92. The standard InChI is InChI=1S/C22H19N3O5S/c26-22(16-2-1-8-23-14-16)25-9-7-15-3-4-17(12-19(15)25)24-31(27,28)18-5-6-20-21(13-18)30-11-10-29-20/h1-6,8,12-14,24H,7,9-11H2. The van der Waals surface area contributed by atoms with Gasteiger partial charge in [-0.05, 0) is 48.4 Å².